The zero-order chi connectivity index (χ0) is 38.6. The minimum atomic E-state index is -0.460. The molecule has 1 N–H and O–H groups in total. The van der Waals surface area contributed by atoms with Crippen molar-refractivity contribution in [3.8, 4) is 0 Å². The van der Waals surface area contributed by atoms with Gasteiger partial charge < -0.3 is 29.5 Å². The third kappa shape index (κ3) is 13.1. The third-order valence-electron chi connectivity index (χ3n) is 8.76. The van der Waals surface area contributed by atoms with Gasteiger partial charge in [0.15, 0.2) is 0 Å². The van der Waals surface area contributed by atoms with Crippen LogP contribution in [0.25, 0.3) is 21.8 Å². The molecule has 2 aliphatic heterocycles. The number of rotatable bonds is 3. The topological polar surface area (TPSA) is 100 Å². The normalized spacial score (nSPS) is 15.4. The molecule has 6 rings (SSSR count). The van der Waals surface area contributed by atoms with Gasteiger partial charge in [-0.15, -0.1) is 0 Å². The standard InChI is InChI=1S/C21H29N3O2.C11H10BrN.C10H20N2O2/c1-5-16-14-17-8-6-9-22-19(17)18(15-16)23-10-7-11-24(13-12-23)20(25)26-21(2,3)4;1-2-8-6-9-4-3-5-13-11(9)10(12)7-8;1-10(2,3)14-9(13)12-7-4-5-11-6-8-12/h6,8-9,14-15H,5,7,10-13H2,1-4H3;3-7H,2H2,1H3;11H,4-8H2,1-3H3. The van der Waals surface area contributed by atoms with Crippen LogP contribution in [0.15, 0.2) is 65.4 Å². The Kier molecular flexibility index (Phi) is 15.3. The average Bonchev–Trinajstić information content (AvgIpc) is 3.55. The minimum Gasteiger partial charge on any atom is -0.444 e. The molecule has 2 amide bonds. The van der Waals surface area contributed by atoms with Crippen LogP contribution in [0.2, 0.25) is 0 Å². The maximum absolute atomic E-state index is 12.4. The summed E-state index contributed by atoms with van der Waals surface area (Å²) in [5, 5.41) is 5.62. The van der Waals surface area contributed by atoms with Crippen molar-refractivity contribution in [1.29, 1.82) is 0 Å². The van der Waals surface area contributed by atoms with Crippen molar-refractivity contribution in [3.63, 3.8) is 0 Å². The molecule has 2 saturated heterocycles. The number of fused-ring (bicyclic) bond motifs is 2. The Hall–Kier alpha value is -3.96. The molecule has 2 fully saturated rings. The summed E-state index contributed by atoms with van der Waals surface area (Å²) in [6.07, 6.45) is 7.23. The largest absolute Gasteiger partial charge is 0.444 e. The third-order valence-corrected chi connectivity index (χ3v) is 9.36. The summed E-state index contributed by atoms with van der Waals surface area (Å²) in [5.74, 6) is 0. The molecule has 0 spiro atoms. The summed E-state index contributed by atoms with van der Waals surface area (Å²) >= 11 is 3.53. The van der Waals surface area contributed by atoms with Crippen LogP contribution in [0.1, 0.15) is 79.4 Å². The fraction of sp³-hybridized carbons (Fsp3) is 0.524. The number of carbonyl (C=O) groups excluding carboxylic acids is 2. The molecule has 2 aliphatic rings. The van der Waals surface area contributed by atoms with E-state index in [-0.39, 0.29) is 12.2 Å². The number of pyridine rings is 2. The first kappa shape index (κ1) is 41.8. The van der Waals surface area contributed by atoms with E-state index in [1.54, 1.807) is 4.90 Å². The summed E-state index contributed by atoms with van der Waals surface area (Å²) in [5.41, 5.74) is 5.05. The van der Waals surface area contributed by atoms with Crippen LogP contribution in [0.5, 0.6) is 0 Å². The van der Waals surface area contributed by atoms with E-state index in [9.17, 15) is 9.59 Å². The van der Waals surface area contributed by atoms with Crippen molar-refractivity contribution < 1.29 is 19.1 Å². The zero-order valence-corrected chi connectivity index (χ0v) is 34.6. The number of amides is 2. The van der Waals surface area contributed by atoms with Crippen molar-refractivity contribution in [2.24, 2.45) is 0 Å². The lowest BCUT2D eigenvalue weighted by atomic mass is 10.1. The highest BCUT2D eigenvalue weighted by atomic mass is 79.9. The highest BCUT2D eigenvalue weighted by Crippen LogP contribution is 2.29. The molecular formula is C42H59BrN6O4. The number of hydrogen-bond donors (Lipinski definition) is 1. The first-order valence-electron chi connectivity index (χ1n) is 19.0. The fourth-order valence-corrected chi connectivity index (χ4v) is 6.74. The number of benzene rings is 2. The summed E-state index contributed by atoms with van der Waals surface area (Å²) in [6.45, 7) is 22.2. The van der Waals surface area contributed by atoms with Gasteiger partial charge in [0.05, 0.1) is 16.7 Å². The number of aromatic nitrogens is 2. The Morgan fingerprint density at radius 3 is 1.85 bits per heavy atom. The zero-order valence-electron chi connectivity index (χ0n) is 33.0. The van der Waals surface area contributed by atoms with Crippen LogP contribution in [-0.4, -0.2) is 95.5 Å². The van der Waals surface area contributed by atoms with Gasteiger partial charge in [0, 0.05) is 73.5 Å². The number of halogens is 1. The van der Waals surface area contributed by atoms with E-state index in [1.807, 2.05) is 71.0 Å². The molecule has 0 atom stereocenters. The van der Waals surface area contributed by atoms with Crippen molar-refractivity contribution >= 4 is 55.6 Å². The van der Waals surface area contributed by atoms with Crippen LogP contribution in [0.4, 0.5) is 15.3 Å². The van der Waals surface area contributed by atoms with Gasteiger partial charge in [0.25, 0.3) is 0 Å². The van der Waals surface area contributed by atoms with Gasteiger partial charge in [-0.25, -0.2) is 9.59 Å². The lowest BCUT2D eigenvalue weighted by Crippen LogP contribution is -2.39. The number of ether oxygens (including phenoxy) is 2. The molecule has 0 saturated carbocycles. The molecule has 4 aromatic rings. The van der Waals surface area contributed by atoms with Crippen molar-refractivity contribution in [1.82, 2.24) is 25.1 Å². The highest BCUT2D eigenvalue weighted by Gasteiger charge is 2.26. The minimum absolute atomic E-state index is 0.193. The molecule has 0 bridgehead atoms. The van der Waals surface area contributed by atoms with Crippen LogP contribution in [0, 0.1) is 0 Å². The van der Waals surface area contributed by atoms with E-state index in [0.29, 0.717) is 6.54 Å². The molecule has 2 aromatic carbocycles. The molecule has 4 heterocycles. The highest BCUT2D eigenvalue weighted by molar-refractivity contribution is 9.10. The molecule has 288 valence electrons. The lowest BCUT2D eigenvalue weighted by Gasteiger charge is -2.27. The summed E-state index contributed by atoms with van der Waals surface area (Å²) in [6, 6.07) is 17.0. The monoisotopic (exact) mass is 790 g/mol. The van der Waals surface area contributed by atoms with Crippen molar-refractivity contribution in [2.75, 3.05) is 57.3 Å². The van der Waals surface area contributed by atoms with Gasteiger partial charge in [-0.2, -0.15) is 0 Å². The average molecular weight is 792 g/mol. The molecule has 11 heteroatoms. The number of carbonyl (C=O) groups is 2. The smallest absolute Gasteiger partial charge is 0.410 e. The second-order valence-corrected chi connectivity index (χ2v) is 16.3. The molecule has 53 heavy (non-hydrogen) atoms. The van der Waals surface area contributed by atoms with E-state index in [1.165, 1.54) is 27.6 Å². The Morgan fingerprint density at radius 1 is 0.698 bits per heavy atom. The Bertz CT molecular complexity index is 1800. The van der Waals surface area contributed by atoms with E-state index in [4.69, 9.17) is 9.47 Å². The molecule has 0 aliphatic carbocycles. The van der Waals surface area contributed by atoms with Gasteiger partial charge in [-0.05, 0) is 137 Å². The van der Waals surface area contributed by atoms with Crippen LogP contribution in [-0.2, 0) is 22.3 Å². The maximum Gasteiger partial charge on any atom is 0.410 e. The quantitative estimate of drug-likeness (QED) is 0.220. The number of nitrogens with zero attached hydrogens (tertiary/aromatic N) is 5. The lowest BCUT2D eigenvalue weighted by molar-refractivity contribution is 0.0252. The van der Waals surface area contributed by atoms with Crippen LogP contribution in [0.3, 0.4) is 0 Å². The first-order chi connectivity index (χ1) is 25.2. The molecule has 0 radical (unpaired) electrons. The van der Waals surface area contributed by atoms with Crippen molar-refractivity contribution in [2.45, 2.75) is 92.3 Å². The van der Waals surface area contributed by atoms with Gasteiger partial charge >= 0.3 is 12.2 Å². The Morgan fingerprint density at radius 2 is 1.25 bits per heavy atom. The molecule has 0 unspecified atom stereocenters. The van der Waals surface area contributed by atoms with E-state index in [2.05, 4.69) is 86.4 Å². The number of aryl methyl sites for hydroxylation is 2. The van der Waals surface area contributed by atoms with Gasteiger partial charge in [-0.3, -0.25) is 9.97 Å². The predicted octanol–water partition coefficient (Wildman–Crippen LogP) is 9.02. The number of nitrogens with one attached hydrogen (secondary N) is 1. The fourth-order valence-electron chi connectivity index (χ4n) is 6.11. The SMILES string of the molecule is CC(C)(C)OC(=O)N1CCCNCC1.CCc1cc(Br)c2ncccc2c1.CCc1cc(N2CCCN(C(=O)OC(C)(C)C)CC2)c2ncccc2c1. The van der Waals surface area contributed by atoms with E-state index in [0.717, 1.165) is 87.0 Å². The van der Waals surface area contributed by atoms with Gasteiger partial charge in [0.2, 0.25) is 0 Å². The van der Waals surface area contributed by atoms with E-state index < -0.39 is 11.2 Å². The predicted molar refractivity (Wildman–Crippen MR) is 220 cm³/mol. The van der Waals surface area contributed by atoms with Crippen LogP contribution < -0.4 is 10.2 Å². The summed E-state index contributed by atoms with van der Waals surface area (Å²) in [4.78, 5) is 38.9. The number of hydrogen-bond acceptors (Lipinski definition) is 8. The Balaban J connectivity index is 0.000000196. The maximum atomic E-state index is 12.4. The molecule has 10 nitrogen and oxygen atoms in total. The summed E-state index contributed by atoms with van der Waals surface area (Å²) < 4.78 is 11.9. The van der Waals surface area contributed by atoms with Gasteiger partial charge in [0.1, 0.15) is 11.2 Å². The molecular weight excluding hydrogens is 732 g/mol. The first-order valence-corrected chi connectivity index (χ1v) is 19.8. The Labute approximate surface area is 324 Å². The van der Waals surface area contributed by atoms with E-state index >= 15 is 0 Å². The second kappa shape index (κ2) is 19.4. The second-order valence-electron chi connectivity index (χ2n) is 15.4. The van der Waals surface area contributed by atoms with Gasteiger partial charge in [-0.1, -0.05) is 26.0 Å². The number of anilines is 1. The van der Waals surface area contributed by atoms with Crippen LogP contribution >= 0.6 is 15.9 Å². The van der Waals surface area contributed by atoms with Crippen molar-refractivity contribution in [3.05, 3.63) is 76.5 Å². The summed E-state index contributed by atoms with van der Waals surface area (Å²) in [7, 11) is 0. The molecule has 2 aromatic heterocycles.